The molecule has 0 unspecified atom stereocenters. The minimum Gasteiger partial charge on any atom is -0.490 e. The van der Waals surface area contributed by atoms with Gasteiger partial charge in [-0.2, -0.15) is 10.2 Å². The number of ether oxygens (including phenoxy) is 3. The largest absolute Gasteiger partial charge is 0.490 e. The lowest BCUT2D eigenvalue weighted by molar-refractivity contribution is -0.162. The number of carbonyl (C=O) groups is 1. The third kappa shape index (κ3) is 6.88. The van der Waals surface area contributed by atoms with Crippen molar-refractivity contribution in [3.63, 3.8) is 0 Å². The van der Waals surface area contributed by atoms with Crippen LogP contribution in [0.15, 0.2) is 48.5 Å². The summed E-state index contributed by atoms with van der Waals surface area (Å²) in [6, 6.07) is 17.1. The van der Waals surface area contributed by atoms with E-state index in [0.717, 1.165) is 58.2 Å². The van der Waals surface area contributed by atoms with Crippen LogP contribution in [0.1, 0.15) is 38.1 Å². The Kier molecular flexibility index (Phi) is 8.09. The molecular formula is C31H40N4O5Si. The van der Waals surface area contributed by atoms with Crippen LogP contribution in [0.3, 0.4) is 0 Å². The van der Waals surface area contributed by atoms with Gasteiger partial charge >= 0.3 is 5.97 Å². The Balaban J connectivity index is 1.53. The van der Waals surface area contributed by atoms with E-state index < -0.39 is 19.6 Å². The van der Waals surface area contributed by atoms with Crippen LogP contribution < -0.4 is 4.74 Å². The van der Waals surface area contributed by atoms with Crippen molar-refractivity contribution in [1.82, 2.24) is 19.6 Å². The van der Waals surface area contributed by atoms with E-state index in [1.807, 2.05) is 64.8 Å². The Morgan fingerprint density at radius 1 is 1.10 bits per heavy atom. The number of rotatable bonds is 13. The number of hydrogen-bond donors (Lipinski definition) is 1. The molecular weight excluding hydrogens is 536 g/mol. The van der Waals surface area contributed by atoms with Crippen LogP contribution >= 0.6 is 0 Å². The molecule has 10 heteroatoms. The van der Waals surface area contributed by atoms with Crippen LogP contribution in [0.5, 0.6) is 5.75 Å². The molecule has 1 aliphatic carbocycles. The first-order valence-corrected chi connectivity index (χ1v) is 17.9. The first-order valence-electron chi connectivity index (χ1n) is 14.2. The van der Waals surface area contributed by atoms with Gasteiger partial charge < -0.3 is 19.3 Å². The fourth-order valence-electron chi connectivity index (χ4n) is 4.52. The quantitative estimate of drug-likeness (QED) is 0.145. The maximum Gasteiger partial charge on any atom is 0.335 e. The monoisotopic (exact) mass is 576 g/mol. The first-order chi connectivity index (χ1) is 19.4. The summed E-state index contributed by atoms with van der Waals surface area (Å²) in [5.41, 5.74) is 3.79. The third-order valence-electron chi connectivity index (χ3n) is 7.18. The van der Waals surface area contributed by atoms with Gasteiger partial charge in [0.15, 0.2) is 5.60 Å². The molecule has 4 aromatic rings. The Labute approximate surface area is 242 Å². The minimum absolute atomic E-state index is 0.0523. The van der Waals surface area contributed by atoms with E-state index in [9.17, 15) is 9.90 Å². The van der Waals surface area contributed by atoms with Gasteiger partial charge in [-0.05, 0) is 70.0 Å². The van der Waals surface area contributed by atoms with E-state index >= 15 is 0 Å². The molecule has 0 radical (unpaired) electrons. The molecule has 1 N–H and O–H groups in total. The zero-order valence-electron chi connectivity index (χ0n) is 24.8. The van der Waals surface area contributed by atoms with E-state index in [2.05, 4.69) is 19.6 Å². The van der Waals surface area contributed by atoms with Crippen LogP contribution in [-0.2, 0) is 27.6 Å². The standard InChI is InChI=1S/C31H40N4O5Si/c1-21-29-26(34(32-21)20-38-15-16-41(4,5)6)11-8-12-27(29)35-28(18-23(33-35)19-39-31(2,3)30(36)37)22-9-7-10-25(17-22)40-24-13-14-24/h7-12,17-18,24H,13-16,19-20H2,1-6H3,(H,36,37). The van der Waals surface area contributed by atoms with Gasteiger partial charge in [-0.25, -0.2) is 14.2 Å². The van der Waals surface area contributed by atoms with Crippen LogP contribution in [0.4, 0.5) is 0 Å². The van der Waals surface area contributed by atoms with Crippen molar-refractivity contribution in [2.45, 2.75) is 84.3 Å². The molecule has 218 valence electrons. The number of benzene rings is 2. The van der Waals surface area contributed by atoms with Crippen molar-refractivity contribution in [1.29, 1.82) is 0 Å². The number of aliphatic carboxylic acids is 1. The van der Waals surface area contributed by atoms with E-state index in [-0.39, 0.29) is 12.7 Å². The molecule has 2 aromatic heterocycles. The third-order valence-corrected chi connectivity index (χ3v) is 8.89. The molecule has 2 aromatic carbocycles. The highest BCUT2D eigenvalue weighted by molar-refractivity contribution is 6.76. The lowest BCUT2D eigenvalue weighted by Gasteiger charge is -2.19. The van der Waals surface area contributed by atoms with Crippen molar-refractivity contribution >= 4 is 24.9 Å². The van der Waals surface area contributed by atoms with Gasteiger partial charge in [0.25, 0.3) is 0 Å². The van der Waals surface area contributed by atoms with Gasteiger partial charge in [-0.3, -0.25) is 0 Å². The molecule has 41 heavy (non-hydrogen) atoms. The highest BCUT2D eigenvalue weighted by atomic mass is 28.3. The SMILES string of the molecule is Cc1nn(COCC[Si](C)(C)C)c2cccc(-n3nc(COC(C)(C)C(=O)O)cc3-c3cccc(OC4CC4)c3)c12. The van der Waals surface area contributed by atoms with Gasteiger partial charge in [0, 0.05) is 25.6 Å². The van der Waals surface area contributed by atoms with E-state index in [1.165, 1.54) is 13.8 Å². The van der Waals surface area contributed by atoms with Gasteiger partial charge in [-0.15, -0.1) is 0 Å². The molecule has 1 saturated carbocycles. The number of nitrogens with zero attached hydrogens (tertiary/aromatic N) is 4. The van der Waals surface area contributed by atoms with Crippen molar-refractivity contribution in [3.05, 3.63) is 59.9 Å². The second kappa shape index (κ2) is 11.4. The average molecular weight is 577 g/mol. The molecule has 5 rings (SSSR count). The topological polar surface area (TPSA) is 101 Å². The fraction of sp³-hybridized carbons (Fsp3) is 0.452. The summed E-state index contributed by atoms with van der Waals surface area (Å²) in [5, 5.41) is 20.2. The summed E-state index contributed by atoms with van der Waals surface area (Å²) in [6.45, 7) is 13.2. The fourth-order valence-corrected chi connectivity index (χ4v) is 5.27. The molecule has 9 nitrogen and oxygen atoms in total. The first kappa shape index (κ1) is 29.0. The molecule has 0 amide bonds. The molecule has 0 saturated heterocycles. The number of aromatic nitrogens is 4. The van der Waals surface area contributed by atoms with Crippen molar-refractivity contribution in [2.24, 2.45) is 0 Å². The predicted octanol–water partition coefficient (Wildman–Crippen LogP) is 6.43. The molecule has 0 spiro atoms. The normalized spacial score (nSPS) is 14.1. The number of carboxylic acids is 1. The molecule has 1 fully saturated rings. The van der Waals surface area contributed by atoms with Gasteiger partial charge in [0.2, 0.25) is 0 Å². The van der Waals surface area contributed by atoms with Gasteiger partial charge in [-0.1, -0.05) is 37.8 Å². The van der Waals surface area contributed by atoms with Crippen molar-refractivity contribution < 1.29 is 24.1 Å². The van der Waals surface area contributed by atoms with E-state index in [0.29, 0.717) is 19.0 Å². The summed E-state index contributed by atoms with van der Waals surface area (Å²) in [7, 11) is -1.19. The second-order valence-electron chi connectivity index (χ2n) is 12.5. The number of fused-ring (bicyclic) bond motifs is 1. The average Bonchev–Trinajstić information content (AvgIpc) is 3.52. The van der Waals surface area contributed by atoms with Crippen LogP contribution in [0.2, 0.25) is 25.7 Å². The summed E-state index contributed by atoms with van der Waals surface area (Å²) < 4.78 is 21.7. The Morgan fingerprint density at radius 3 is 2.56 bits per heavy atom. The second-order valence-corrected chi connectivity index (χ2v) is 18.1. The maximum atomic E-state index is 11.6. The molecule has 2 heterocycles. The van der Waals surface area contributed by atoms with Crippen LogP contribution in [0.25, 0.3) is 27.8 Å². The summed E-state index contributed by atoms with van der Waals surface area (Å²) in [5.74, 6) is -0.206. The van der Waals surface area contributed by atoms with Crippen molar-refractivity contribution in [3.8, 4) is 22.7 Å². The number of hydrogen-bond acceptors (Lipinski definition) is 6. The van der Waals surface area contributed by atoms with Gasteiger partial charge in [0.1, 0.15) is 12.5 Å². The van der Waals surface area contributed by atoms with E-state index in [4.69, 9.17) is 24.4 Å². The minimum atomic E-state index is -1.34. The lowest BCUT2D eigenvalue weighted by atomic mass is 10.1. The van der Waals surface area contributed by atoms with E-state index in [1.54, 1.807) is 0 Å². The highest BCUT2D eigenvalue weighted by Gasteiger charge is 2.29. The molecule has 0 atom stereocenters. The lowest BCUT2D eigenvalue weighted by Crippen LogP contribution is -2.34. The molecule has 0 bridgehead atoms. The van der Waals surface area contributed by atoms with Crippen LogP contribution in [-0.4, -0.2) is 57.0 Å². The predicted molar refractivity (Wildman–Crippen MR) is 161 cm³/mol. The highest BCUT2D eigenvalue weighted by Crippen LogP contribution is 2.34. The molecule has 1 aliphatic rings. The summed E-state index contributed by atoms with van der Waals surface area (Å²) in [6.07, 6.45) is 2.44. The maximum absolute atomic E-state index is 11.6. The molecule has 0 aliphatic heterocycles. The summed E-state index contributed by atoms with van der Waals surface area (Å²) in [4.78, 5) is 11.6. The summed E-state index contributed by atoms with van der Waals surface area (Å²) >= 11 is 0. The van der Waals surface area contributed by atoms with Gasteiger partial charge in [0.05, 0.1) is 41.0 Å². The zero-order valence-corrected chi connectivity index (χ0v) is 25.8. The Bertz CT molecular complexity index is 1550. The zero-order chi connectivity index (χ0) is 29.4. The smallest absolute Gasteiger partial charge is 0.335 e. The Morgan fingerprint density at radius 2 is 1.85 bits per heavy atom. The van der Waals surface area contributed by atoms with Crippen molar-refractivity contribution in [2.75, 3.05) is 6.61 Å². The Hall–Kier alpha value is -3.47. The number of aryl methyl sites for hydroxylation is 1. The number of carboxylic acid groups (broad SMARTS) is 1. The van der Waals surface area contributed by atoms with Crippen LogP contribution in [0, 0.1) is 6.92 Å².